The van der Waals surface area contributed by atoms with Crippen LogP contribution >= 0.6 is 67.8 Å². The second-order valence-corrected chi connectivity index (χ2v) is 22.7. The molecule has 0 aromatic rings. The molecule has 4 unspecified atom stereocenters. The number of hydrazine groups is 1. The molecule has 1 saturated carbocycles. The second-order valence-electron chi connectivity index (χ2n) is 14.7. The van der Waals surface area contributed by atoms with Gasteiger partial charge in [-0.3, -0.25) is 9.80 Å². The van der Waals surface area contributed by atoms with Crippen LogP contribution in [0.15, 0.2) is 47.2 Å². The number of likely N-dealkylation sites (N-methyl/N-ethyl adjacent to an activating group) is 1. The molecule has 4 aliphatic heterocycles. The van der Waals surface area contributed by atoms with E-state index < -0.39 is 0 Å². The number of piperidine rings is 1. The van der Waals surface area contributed by atoms with Crippen molar-refractivity contribution in [2.75, 3.05) is 53.6 Å². The van der Waals surface area contributed by atoms with E-state index in [0.717, 1.165) is 26.4 Å². The molecule has 1 spiro atoms. The van der Waals surface area contributed by atoms with E-state index in [0.29, 0.717) is 45.2 Å². The lowest BCUT2D eigenvalue weighted by Gasteiger charge is -2.43. The molecule has 6 atom stereocenters. The number of halogens is 3. The van der Waals surface area contributed by atoms with Crippen molar-refractivity contribution in [3.05, 3.63) is 47.2 Å². The van der Waals surface area contributed by atoms with Gasteiger partial charge in [-0.15, -0.1) is 0 Å². The Morgan fingerprint density at radius 2 is 1.95 bits per heavy atom. The van der Waals surface area contributed by atoms with Crippen LogP contribution in [-0.2, 0) is 4.74 Å². The van der Waals surface area contributed by atoms with Gasteiger partial charge in [-0.2, -0.15) is 0 Å². The van der Waals surface area contributed by atoms with Crippen molar-refractivity contribution in [1.29, 1.82) is 0 Å². The van der Waals surface area contributed by atoms with Gasteiger partial charge in [0.15, 0.2) is 0 Å². The number of allylic oxidation sites excluding steroid dienone is 2. The Morgan fingerprint density at radius 1 is 1.19 bits per heavy atom. The van der Waals surface area contributed by atoms with Crippen molar-refractivity contribution in [1.82, 2.24) is 25.6 Å². The first-order chi connectivity index (χ1) is 20.4. The van der Waals surface area contributed by atoms with Crippen LogP contribution in [0.1, 0.15) is 58.8 Å². The molecule has 0 amide bonds. The van der Waals surface area contributed by atoms with E-state index in [4.69, 9.17) is 4.74 Å². The lowest BCUT2D eigenvalue weighted by molar-refractivity contribution is -0.0930. The van der Waals surface area contributed by atoms with Gasteiger partial charge in [-0.1, -0.05) is 98.2 Å². The predicted octanol–water partition coefficient (Wildman–Crippen LogP) is 6.88. The third kappa shape index (κ3) is 7.58. The molecule has 6 nitrogen and oxygen atoms in total. The zero-order valence-corrected chi connectivity index (χ0v) is 33.0. The Bertz CT molecular complexity index is 1140. The van der Waals surface area contributed by atoms with Gasteiger partial charge in [0.2, 0.25) is 0 Å². The zero-order chi connectivity index (χ0) is 30.5. The van der Waals surface area contributed by atoms with E-state index in [-0.39, 0.29) is 1.43 Å². The first-order valence-electron chi connectivity index (χ1n) is 16.5. The van der Waals surface area contributed by atoms with Crippen LogP contribution in [0, 0.1) is 29.1 Å². The molecular weight excluding hydrogens is 875 g/mol. The molecule has 0 aromatic carbocycles. The highest BCUT2D eigenvalue weighted by molar-refractivity contribution is 14.2. The first kappa shape index (κ1) is 33.6. The maximum atomic E-state index is 5.76. The fourth-order valence-corrected chi connectivity index (χ4v) is 10.2. The summed E-state index contributed by atoms with van der Waals surface area (Å²) in [7, 11) is 4.57. The number of nitrogens with one attached hydrogen (secondary N) is 2. The van der Waals surface area contributed by atoms with Gasteiger partial charge in [0.05, 0.1) is 27.5 Å². The topological polar surface area (TPSA) is 43.0 Å². The minimum Gasteiger partial charge on any atom is -0.381 e. The third-order valence-corrected chi connectivity index (χ3v) is 13.5. The van der Waals surface area contributed by atoms with Crippen molar-refractivity contribution in [3.8, 4) is 0 Å². The molecule has 2 aliphatic carbocycles. The third-order valence-electron chi connectivity index (χ3n) is 11.4. The van der Waals surface area contributed by atoms with Gasteiger partial charge in [0.1, 0.15) is 0 Å². The lowest BCUT2D eigenvalue weighted by Crippen LogP contribution is -2.52. The number of hydrogen-bond acceptors (Lipinski definition) is 6. The number of nitrogens with zero attached hydrogens (tertiary/aromatic N) is 3. The fraction of sp³-hybridized carbons (Fsp3) is 0.765. The predicted molar refractivity (Wildman–Crippen MR) is 204 cm³/mol. The molecule has 2 N–H and O–H groups in total. The van der Waals surface area contributed by atoms with E-state index in [9.17, 15) is 0 Å². The van der Waals surface area contributed by atoms with E-state index in [1.807, 2.05) is 0 Å². The van der Waals surface area contributed by atoms with Crippen molar-refractivity contribution < 1.29 is 4.74 Å². The number of rotatable bonds is 9. The Kier molecular flexibility index (Phi) is 10.7. The van der Waals surface area contributed by atoms with Crippen molar-refractivity contribution >= 4 is 67.8 Å². The maximum absolute atomic E-state index is 5.76. The Morgan fingerprint density at radius 3 is 2.58 bits per heavy atom. The zero-order valence-electron chi connectivity index (χ0n) is 26.6. The summed E-state index contributed by atoms with van der Waals surface area (Å²) in [5, 5.41) is 0. The summed E-state index contributed by atoms with van der Waals surface area (Å²) in [5.74, 6) is 2.32. The smallest absolute Gasteiger partial charge is 0.0973 e. The molecule has 9 heteroatoms. The minimum atomic E-state index is -0.0139. The summed E-state index contributed by atoms with van der Waals surface area (Å²) in [6.45, 7) is 15.6. The maximum Gasteiger partial charge on any atom is 0.0973 e. The lowest BCUT2D eigenvalue weighted by atomic mass is 9.72. The molecule has 6 aliphatic rings. The van der Waals surface area contributed by atoms with E-state index in [2.05, 4.69) is 146 Å². The summed E-state index contributed by atoms with van der Waals surface area (Å²) >= 11 is 7.98. The Balaban J connectivity index is 1.24. The van der Waals surface area contributed by atoms with Crippen LogP contribution in [0.25, 0.3) is 0 Å². The van der Waals surface area contributed by atoms with Crippen molar-refractivity contribution in [3.63, 3.8) is 0 Å². The van der Waals surface area contributed by atoms with Gasteiger partial charge < -0.3 is 9.64 Å². The monoisotopic (exact) mass is 927 g/mol. The average molecular weight is 928 g/mol. The van der Waals surface area contributed by atoms with Gasteiger partial charge >= 0.3 is 0 Å². The normalized spacial score (nSPS) is 35.0. The number of likely N-dealkylation sites (tertiary alicyclic amines) is 1. The van der Waals surface area contributed by atoms with Gasteiger partial charge in [-0.25, -0.2) is 10.9 Å². The molecule has 4 heterocycles. The average Bonchev–Trinajstić information content (AvgIpc) is 3.47. The highest BCUT2D eigenvalue weighted by atomic mass is 127. The number of alkyl halides is 3. The number of hydrogen-bond donors (Lipinski definition) is 2. The molecular formula is C34H52I3N5O. The van der Waals surface area contributed by atoms with E-state index in [1.54, 1.807) is 5.57 Å². The Hall–Kier alpha value is 0.750. The largest absolute Gasteiger partial charge is 0.381 e. The van der Waals surface area contributed by atoms with Crippen molar-refractivity contribution in [2.45, 2.75) is 76.4 Å². The van der Waals surface area contributed by atoms with Crippen LogP contribution in [0.4, 0.5) is 0 Å². The SMILES string of the molecule is C=C(/C=C(\C1=CC(C2=CC(I)CCC([C@@H](C3COC3)[C@H]3NNCN3C)C2)C(C)N1C)C(C)(I)I)CN1CCCC2(CC2)C1. The van der Waals surface area contributed by atoms with Gasteiger partial charge in [-0.05, 0) is 95.2 Å². The molecule has 3 saturated heterocycles. The molecule has 43 heavy (non-hydrogen) atoms. The summed E-state index contributed by atoms with van der Waals surface area (Å²) in [6.07, 6.45) is 17.5. The molecule has 240 valence electrons. The highest BCUT2D eigenvalue weighted by Crippen LogP contribution is 2.52. The van der Waals surface area contributed by atoms with Crippen LogP contribution < -0.4 is 10.9 Å². The van der Waals surface area contributed by atoms with Crippen LogP contribution in [0.5, 0.6) is 0 Å². The first-order valence-corrected chi connectivity index (χ1v) is 19.9. The minimum absolute atomic E-state index is 0.0139. The summed E-state index contributed by atoms with van der Waals surface area (Å²) < 4.78 is 6.34. The quantitative estimate of drug-likeness (QED) is 0.114. The number of ether oxygens (including phenoxy) is 1. The van der Waals surface area contributed by atoms with Crippen molar-refractivity contribution in [2.24, 2.45) is 29.1 Å². The van der Waals surface area contributed by atoms with E-state index in [1.165, 1.54) is 74.9 Å². The van der Waals surface area contributed by atoms with E-state index >= 15 is 0 Å². The van der Waals surface area contributed by atoms with Crippen LogP contribution in [0.2, 0.25) is 0 Å². The second kappa shape index (κ2) is 13.7. The molecule has 0 aromatic heterocycles. The van der Waals surface area contributed by atoms with Crippen LogP contribution in [0.3, 0.4) is 0 Å². The standard InChI is InChI=1S/C34H52I3N5O/c1-22(17-42-12-6-9-34(20-42)10-11-34)13-29(33(3,36)37)30-16-28(23(2)41(30)5)25-14-24(7-8-27(35)15-25)31(26-18-43-19-26)32-39-38-21-40(32)4/h13,15-16,23-24,26-28,31-32,38-39H,1,6-12,14,17-21H2,2-5H3/b29-13+/t23?,24?,27?,28?,31-,32-/m0/s1. The summed E-state index contributed by atoms with van der Waals surface area (Å²) in [4.78, 5) is 7.70. The Labute approximate surface area is 301 Å². The highest BCUT2D eigenvalue weighted by Gasteiger charge is 2.46. The molecule has 0 bridgehead atoms. The molecule has 4 fully saturated rings. The molecule has 0 radical (unpaired) electrons. The summed E-state index contributed by atoms with van der Waals surface area (Å²) in [6, 6.07) is 0.437. The van der Waals surface area contributed by atoms with Gasteiger partial charge in [0.25, 0.3) is 0 Å². The molecule has 6 rings (SSSR count). The van der Waals surface area contributed by atoms with Gasteiger partial charge in [0, 0.05) is 53.2 Å². The summed E-state index contributed by atoms with van der Waals surface area (Å²) in [5.41, 5.74) is 13.4. The van der Waals surface area contributed by atoms with Crippen LogP contribution in [-0.4, -0.2) is 85.9 Å². The fourth-order valence-electron chi connectivity index (χ4n) is 8.56.